The van der Waals surface area contributed by atoms with Crippen LogP contribution in [0.5, 0.6) is 5.75 Å². The van der Waals surface area contributed by atoms with Gasteiger partial charge in [-0.1, -0.05) is 0 Å². The molecule has 2 aromatic carbocycles. The Labute approximate surface area is 264 Å². The van der Waals surface area contributed by atoms with Crippen LogP contribution in [0.15, 0.2) is 48.8 Å². The summed E-state index contributed by atoms with van der Waals surface area (Å²) in [5.41, 5.74) is 2.70. The van der Waals surface area contributed by atoms with Crippen molar-refractivity contribution in [3.8, 4) is 23.2 Å². The lowest BCUT2D eigenvalue weighted by molar-refractivity contribution is -0.128. The molecule has 3 fully saturated rings. The zero-order chi connectivity index (χ0) is 32.0. The fourth-order valence-electron chi connectivity index (χ4n) is 5.66. The van der Waals surface area contributed by atoms with Gasteiger partial charge in [-0.25, -0.2) is 14.4 Å². The lowest BCUT2D eigenvalue weighted by atomic mass is 10.0. The normalized spacial score (nSPS) is 20.3. The van der Waals surface area contributed by atoms with E-state index in [0.717, 1.165) is 55.7 Å². The molecule has 3 aliphatic heterocycles. The van der Waals surface area contributed by atoms with Crippen molar-refractivity contribution in [2.24, 2.45) is 0 Å². The average Bonchev–Trinajstić information content (AvgIpc) is 3.05. The predicted molar refractivity (Wildman–Crippen MR) is 166 cm³/mol. The van der Waals surface area contributed by atoms with Crippen molar-refractivity contribution in [1.29, 1.82) is 10.7 Å². The van der Waals surface area contributed by atoms with E-state index in [2.05, 4.69) is 48.3 Å². The van der Waals surface area contributed by atoms with E-state index in [4.69, 9.17) is 14.9 Å². The number of hydrogen-bond donors (Lipinski definition) is 3. The van der Waals surface area contributed by atoms with Crippen LogP contribution in [-0.2, 0) is 14.3 Å². The first-order valence-corrected chi connectivity index (χ1v) is 15.0. The summed E-state index contributed by atoms with van der Waals surface area (Å²) in [5, 5.41) is 22.6. The fraction of sp³-hybridized carbons (Fsp3) is 0.387. The first-order chi connectivity index (χ1) is 22.4. The van der Waals surface area contributed by atoms with Crippen molar-refractivity contribution in [2.45, 2.75) is 24.7 Å². The van der Waals surface area contributed by atoms with E-state index in [1.807, 2.05) is 17.4 Å². The number of amides is 2. The second kappa shape index (κ2) is 13.8. The van der Waals surface area contributed by atoms with Crippen LogP contribution in [-0.4, -0.2) is 114 Å². The van der Waals surface area contributed by atoms with Crippen molar-refractivity contribution in [3.63, 3.8) is 0 Å². The molecule has 3 saturated heterocycles. The predicted octanol–water partition coefficient (Wildman–Crippen LogP) is 1.72. The van der Waals surface area contributed by atoms with Gasteiger partial charge in [0, 0.05) is 56.1 Å². The number of amidine groups is 1. The largest absolute Gasteiger partial charge is 0.486 e. The van der Waals surface area contributed by atoms with Crippen molar-refractivity contribution < 1.29 is 23.5 Å². The molecule has 3 N–H and O–H groups in total. The molecular weight excluding hydrogens is 595 g/mol. The van der Waals surface area contributed by atoms with Gasteiger partial charge in [-0.15, -0.1) is 0 Å². The number of halogens is 1. The van der Waals surface area contributed by atoms with Crippen LogP contribution in [0.2, 0.25) is 0 Å². The Morgan fingerprint density at radius 3 is 2.57 bits per heavy atom. The summed E-state index contributed by atoms with van der Waals surface area (Å²) in [5.74, 6) is -0.527. The van der Waals surface area contributed by atoms with Crippen LogP contribution in [0.3, 0.4) is 0 Å². The maximum absolute atomic E-state index is 15.0. The molecule has 2 amide bonds. The second-order valence-corrected chi connectivity index (χ2v) is 11.2. The molecule has 3 aliphatic rings. The number of nitrogens with one attached hydrogen (secondary N) is 3. The standard InChI is InChI=1S/C31H33FN10O4/c32-25-15-42(30(44)28(34)37-19-43)8-7-27(25)46-26-6-1-20(13-21(26)14-33)29-35-18-36-31(39-29)38-22-2-4-23(5-3-22)40-9-11-41(12-10-40)24-16-45-17-24/h1-6,13,18-19,24-25,27H,7-12,15-17H2,(H2,34,37,43)(H,35,36,38,39). The number of anilines is 3. The summed E-state index contributed by atoms with van der Waals surface area (Å²) < 4.78 is 26.2. The number of hydrogen-bond acceptors (Lipinski definition) is 12. The smallest absolute Gasteiger partial charge is 0.289 e. The molecule has 6 rings (SSSR count). The summed E-state index contributed by atoms with van der Waals surface area (Å²) in [6.07, 6.45) is -0.712. The SMILES string of the molecule is N#Cc1cc(-c2ncnc(Nc3ccc(N4CCN(C5COC5)CC4)cc3)n2)ccc1OC1CCN(C(=O)C(=N)NC=O)CC1F. The number of benzene rings is 2. The molecular formula is C31H33FN10O4. The third-order valence-electron chi connectivity index (χ3n) is 8.33. The van der Waals surface area contributed by atoms with Crippen LogP contribution in [0.4, 0.5) is 21.7 Å². The summed E-state index contributed by atoms with van der Waals surface area (Å²) >= 11 is 0. The number of piperidine rings is 1. The number of rotatable bonds is 8. The summed E-state index contributed by atoms with van der Waals surface area (Å²) in [7, 11) is 0. The highest BCUT2D eigenvalue weighted by atomic mass is 19.1. The summed E-state index contributed by atoms with van der Waals surface area (Å²) in [6.45, 7) is 5.48. The van der Waals surface area contributed by atoms with Gasteiger partial charge in [0.25, 0.3) is 5.91 Å². The summed E-state index contributed by atoms with van der Waals surface area (Å²) in [4.78, 5) is 41.8. The van der Waals surface area contributed by atoms with Crippen LogP contribution in [0.25, 0.3) is 11.4 Å². The highest BCUT2D eigenvalue weighted by Crippen LogP contribution is 2.29. The molecule has 1 aromatic heterocycles. The Morgan fingerprint density at radius 2 is 1.89 bits per heavy atom. The van der Waals surface area contributed by atoms with Crippen LogP contribution < -0.4 is 20.3 Å². The number of ether oxygens (including phenoxy) is 2. The van der Waals surface area contributed by atoms with E-state index in [9.17, 15) is 19.2 Å². The maximum Gasteiger partial charge on any atom is 0.289 e. The summed E-state index contributed by atoms with van der Waals surface area (Å²) in [6, 6.07) is 15.6. The third-order valence-corrected chi connectivity index (χ3v) is 8.33. The number of nitriles is 1. The van der Waals surface area contributed by atoms with Crippen molar-refractivity contribution >= 4 is 35.5 Å². The molecule has 0 spiro atoms. The van der Waals surface area contributed by atoms with Crippen LogP contribution in [0, 0.1) is 16.7 Å². The molecule has 2 atom stereocenters. The second-order valence-electron chi connectivity index (χ2n) is 11.2. The molecule has 15 heteroatoms. The highest BCUT2D eigenvalue weighted by Gasteiger charge is 2.35. The van der Waals surface area contributed by atoms with E-state index in [0.29, 0.717) is 23.4 Å². The first-order valence-electron chi connectivity index (χ1n) is 15.0. The minimum Gasteiger partial charge on any atom is -0.486 e. The van der Waals surface area contributed by atoms with Gasteiger partial charge in [0.2, 0.25) is 12.4 Å². The zero-order valence-electron chi connectivity index (χ0n) is 24.9. The Hall–Kier alpha value is -5.20. The Morgan fingerprint density at radius 1 is 1.11 bits per heavy atom. The van der Waals surface area contributed by atoms with Gasteiger partial charge in [0.05, 0.1) is 31.4 Å². The monoisotopic (exact) mass is 628 g/mol. The van der Waals surface area contributed by atoms with Crippen LogP contribution in [0.1, 0.15) is 12.0 Å². The molecule has 0 saturated carbocycles. The molecule has 2 unspecified atom stereocenters. The van der Waals surface area contributed by atoms with E-state index < -0.39 is 24.0 Å². The quantitative estimate of drug-likeness (QED) is 0.188. The van der Waals surface area contributed by atoms with Gasteiger partial charge in [0.15, 0.2) is 17.8 Å². The van der Waals surface area contributed by atoms with Gasteiger partial charge in [0.1, 0.15) is 24.3 Å². The minimum absolute atomic E-state index is 0.129. The Bertz CT molecular complexity index is 1620. The number of nitrogens with zero attached hydrogens (tertiary/aromatic N) is 7. The molecule has 0 aliphatic carbocycles. The maximum atomic E-state index is 15.0. The average molecular weight is 629 g/mol. The van der Waals surface area contributed by atoms with Gasteiger partial charge >= 0.3 is 0 Å². The van der Waals surface area contributed by atoms with Gasteiger partial charge in [-0.05, 0) is 42.5 Å². The topological polar surface area (TPSA) is 173 Å². The molecule has 238 valence electrons. The minimum atomic E-state index is -1.56. The molecule has 0 bridgehead atoms. The molecule has 4 heterocycles. The number of piperazine rings is 1. The third kappa shape index (κ3) is 6.87. The van der Waals surface area contributed by atoms with Crippen molar-refractivity contribution in [2.75, 3.05) is 62.7 Å². The molecule has 46 heavy (non-hydrogen) atoms. The van der Waals surface area contributed by atoms with Gasteiger partial charge < -0.3 is 29.9 Å². The molecule has 14 nitrogen and oxygen atoms in total. The number of carbonyl (C=O) groups excluding carboxylic acids is 2. The molecule has 0 radical (unpaired) electrons. The number of alkyl halides is 1. The first kappa shape index (κ1) is 30.8. The number of likely N-dealkylation sites (tertiary alicyclic amines) is 1. The van der Waals surface area contributed by atoms with E-state index in [1.54, 1.807) is 18.2 Å². The molecule has 3 aromatic rings. The zero-order valence-corrected chi connectivity index (χ0v) is 24.9. The number of carbonyl (C=O) groups is 2. The van der Waals surface area contributed by atoms with Crippen molar-refractivity contribution in [1.82, 2.24) is 30.1 Å². The fourth-order valence-corrected chi connectivity index (χ4v) is 5.66. The lowest BCUT2D eigenvalue weighted by Gasteiger charge is -2.43. The van der Waals surface area contributed by atoms with Gasteiger partial charge in [-0.3, -0.25) is 19.9 Å². The van der Waals surface area contributed by atoms with E-state index in [-0.39, 0.29) is 37.2 Å². The van der Waals surface area contributed by atoms with Crippen LogP contribution >= 0.6 is 0 Å². The van der Waals surface area contributed by atoms with Gasteiger partial charge in [-0.2, -0.15) is 10.2 Å². The highest BCUT2D eigenvalue weighted by molar-refractivity contribution is 6.38. The Balaban J connectivity index is 1.06. The lowest BCUT2D eigenvalue weighted by Crippen LogP contribution is -2.56. The van der Waals surface area contributed by atoms with Crippen molar-refractivity contribution in [3.05, 3.63) is 54.4 Å². The number of aromatic nitrogens is 3. The van der Waals surface area contributed by atoms with E-state index in [1.165, 1.54) is 6.33 Å². The Kier molecular flexibility index (Phi) is 9.27. The van der Waals surface area contributed by atoms with E-state index >= 15 is 0 Å².